The molecule has 2 nitrogen and oxygen atoms in total. The molecule has 5 heteroatoms. The van der Waals surface area contributed by atoms with Gasteiger partial charge in [-0.2, -0.15) is 0 Å². The number of piperidine rings is 1. The summed E-state index contributed by atoms with van der Waals surface area (Å²) in [5, 5.41) is 0.946. The van der Waals surface area contributed by atoms with Gasteiger partial charge in [0.15, 0.2) is 0 Å². The SMILES string of the molecule is O=C(c1cc(Br)ccc1Br)N1CCCCC1CCBr. The van der Waals surface area contributed by atoms with Crippen LogP contribution in [0.15, 0.2) is 27.1 Å². The number of nitrogens with zero attached hydrogens (tertiary/aromatic N) is 1. The van der Waals surface area contributed by atoms with Gasteiger partial charge in [-0.15, -0.1) is 0 Å². The van der Waals surface area contributed by atoms with Crippen LogP contribution in [0.1, 0.15) is 36.0 Å². The minimum atomic E-state index is 0.138. The lowest BCUT2D eigenvalue weighted by Gasteiger charge is -2.36. The van der Waals surface area contributed by atoms with Crippen LogP contribution in [0.5, 0.6) is 0 Å². The number of amides is 1. The van der Waals surface area contributed by atoms with Crippen LogP contribution in [0.25, 0.3) is 0 Å². The Kier molecular flexibility index (Phi) is 5.90. The van der Waals surface area contributed by atoms with Gasteiger partial charge in [0.25, 0.3) is 5.91 Å². The second-order valence-corrected chi connectivity index (χ2v) is 7.31. The quantitative estimate of drug-likeness (QED) is 0.590. The summed E-state index contributed by atoms with van der Waals surface area (Å²) in [6.45, 7) is 0.870. The molecule has 0 spiro atoms. The first-order valence-electron chi connectivity index (χ1n) is 6.45. The summed E-state index contributed by atoms with van der Waals surface area (Å²) >= 11 is 10.4. The van der Waals surface area contributed by atoms with Crippen molar-refractivity contribution in [3.05, 3.63) is 32.7 Å². The normalized spacial score (nSPS) is 19.5. The highest BCUT2D eigenvalue weighted by Crippen LogP contribution is 2.27. The number of alkyl halides is 1. The first kappa shape index (κ1) is 15.5. The predicted octanol–water partition coefficient (Wildman–Crippen LogP) is 4.99. The van der Waals surface area contributed by atoms with Gasteiger partial charge in [-0.3, -0.25) is 4.79 Å². The molecule has 1 saturated heterocycles. The molecule has 1 aromatic rings. The number of benzene rings is 1. The Labute approximate surface area is 139 Å². The van der Waals surface area contributed by atoms with Gasteiger partial charge < -0.3 is 4.90 Å². The van der Waals surface area contributed by atoms with Crippen molar-refractivity contribution in [3.63, 3.8) is 0 Å². The van der Waals surface area contributed by atoms with E-state index < -0.39 is 0 Å². The van der Waals surface area contributed by atoms with Crippen molar-refractivity contribution in [2.24, 2.45) is 0 Å². The van der Waals surface area contributed by atoms with Crippen LogP contribution >= 0.6 is 47.8 Å². The molecular weight excluding hydrogens is 438 g/mol. The highest BCUT2D eigenvalue weighted by atomic mass is 79.9. The van der Waals surface area contributed by atoms with Gasteiger partial charge in [0.1, 0.15) is 0 Å². The van der Waals surface area contributed by atoms with Crippen molar-refractivity contribution in [2.45, 2.75) is 31.7 Å². The van der Waals surface area contributed by atoms with Crippen LogP contribution in [0.2, 0.25) is 0 Å². The molecule has 1 unspecified atom stereocenters. The van der Waals surface area contributed by atoms with E-state index >= 15 is 0 Å². The number of hydrogen-bond acceptors (Lipinski definition) is 1. The molecule has 1 fully saturated rings. The van der Waals surface area contributed by atoms with E-state index in [2.05, 4.69) is 47.8 Å². The van der Waals surface area contributed by atoms with Crippen molar-refractivity contribution in [2.75, 3.05) is 11.9 Å². The van der Waals surface area contributed by atoms with Gasteiger partial charge in [-0.1, -0.05) is 31.9 Å². The minimum absolute atomic E-state index is 0.138. The summed E-state index contributed by atoms with van der Waals surface area (Å²) in [6.07, 6.45) is 4.47. The number of likely N-dealkylation sites (tertiary alicyclic amines) is 1. The lowest BCUT2D eigenvalue weighted by Crippen LogP contribution is -2.44. The number of hydrogen-bond donors (Lipinski definition) is 0. The van der Waals surface area contributed by atoms with E-state index in [4.69, 9.17) is 0 Å². The monoisotopic (exact) mass is 451 g/mol. The maximum Gasteiger partial charge on any atom is 0.255 e. The number of rotatable bonds is 3. The number of carbonyl (C=O) groups excluding carboxylic acids is 1. The average Bonchev–Trinajstić information content (AvgIpc) is 2.42. The summed E-state index contributed by atoms with van der Waals surface area (Å²) in [4.78, 5) is 14.8. The van der Waals surface area contributed by atoms with Crippen LogP contribution in [-0.2, 0) is 0 Å². The second-order valence-electron chi connectivity index (χ2n) is 4.75. The van der Waals surface area contributed by atoms with Gasteiger partial charge in [0, 0.05) is 26.9 Å². The third-order valence-electron chi connectivity index (χ3n) is 3.49. The third kappa shape index (κ3) is 3.82. The third-order valence-corrected chi connectivity index (χ3v) is 5.13. The van der Waals surface area contributed by atoms with E-state index in [-0.39, 0.29) is 5.91 Å². The van der Waals surface area contributed by atoms with Gasteiger partial charge in [-0.05, 0) is 59.8 Å². The number of halogens is 3. The zero-order valence-electron chi connectivity index (χ0n) is 10.5. The molecule has 2 rings (SSSR count). The van der Waals surface area contributed by atoms with Crippen molar-refractivity contribution < 1.29 is 4.79 Å². The molecule has 0 aliphatic carbocycles. The summed E-state index contributed by atoms with van der Waals surface area (Å²) in [5.74, 6) is 0.138. The average molecular weight is 454 g/mol. The highest BCUT2D eigenvalue weighted by Gasteiger charge is 2.27. The van der Waals surface area contributed by atoms with E-state index in [9.17, 15) is 4.79 Å². The first-order chi connectivity index (χ1) is 9.13. The Hall–Kier alpha value is 0.130. The van der Waals surface area contributed by atoms with Crippen LogP contribution in [0, 0.1) is 0 Å². The number of carbonyl (C=O) groups is 1. The van der Waals surface area contributed by atoms with Crippen LogP contribution in [-0.4, -0.2) is 28.7 Å². The van der Waals surface area contributed by atoms with Crippen molar-refractivity contribution in [1.29, 1.82) is 0 Å². The van der Waals surface area contributed by atoms with Crippen LogP contribution in [0.3, 0.4) is 0 Å². The van der Waals surface area contributed by atoms with Gasteiger partial charge in [-0.25, -0.2) is 0 Å². The first-order valence-corrected chi connectivity index (χ1v) is 9.16. The molecule has 1 aliphatic heterocycles. The molecule has 0 N–H and O–H groups in total. The molecule has 0 saturated carbocycles. The topological polar surface area (TPSA) is 20.3 Å². The van der Waals surface area contributed by atoms with E-state index in [1.54, 1.807) is 0 Å². The summed E-state index contributed by atoms with van der Waals surface area (Å²) in [5.41, 5.74) is 0.746. The minimum Gasteiger partial charge on any atom is -0.336 e. The molecular formula is C14H16Br3NO. The fourth-order valence-electron chi connectivity index (χ4n) is 2.51. The molecule has 1 atom stereocenters. The molecule has 19 heavy (non-hydrogen) atoms. The molecule has 1 aliphatic rings. The van der Waals surface area contributed by atoms with Gasteiger partial charge in [0.2, 0.25) is 0 Å². The fraction of sp³-hybridized carbons (Fsp3) is 0.500. The summed E-state index contributed by atoms with van der Waals surface area (Å²) in [6, 6.07) is 6.12. The summed E-state index contributed by atoms with van der Waals surface area (Å²) in [7, 11) is 0. The highest BCUT2D eigenvalue weighted by molar-refractivity contribution is 9.11. The zero-order chi connectivity index (χ0) is 13.8. The Morgan fingerprint density at radius 1 is 1.32 bits per heavy atom. The molecule has 1 heterocycles. The van der Waals surface area contributed by atoms with Crippen molar-refractivity contribution >= 4 is 53.7 Å². The standard InChI is InChI=1S/C14H16Br3NO/c15-7-6-11-3-1-2-8-18(11)14(19)12-9-10(16)4-5-13(12)17/h4-5,9,11H,1-3,6-8H2. The van der Waals surface area contributed by atoms with Crippen LogP contribution in [0.4, 0.5) is 0 Å². The van der Waals surface area contributed by atoms with E-state index in [1.165, 1.54) is 6.42 Å². The molecule has 1 aromatic carbocycles. The Morgan fingerprint density at radius 3 is 2.84 bits per heavy atom. The molecule has 104 valence electrons. The Balaban J connectivity index is 2.23. The maximum absolute atomic E-state index is 12.7. The Bertz CT molecular complexity index is 462. The molecule has 1 amide bonds. The molecule has 0 bridgehead atoms. The van der Waals surface area contributed by atoms with Crippen molar-refractivity contribution in [1.82, 2.24) is 4.90 Å². The van der Waals surface area contributed by atoms with E-state index in [0.717, 1.165) is 45.6 Å². The predicted molar refractivity (Wildman–Crippen MR) is 88.9 cm³/mol. The zero-order valence-corrected chi connectivity index (χ0v) is 15.3. The lowest BCUT2D eigenvalue weighted by atomic mass is 9.99. The van der Waals surface area contributed by atoms with E-state index in [0.29, 0.717) is 6.04 Å². The van der Waals surface area contributed by atoms with Crippen LogP contribution < -0.4 is 0 Å². The molecule has 0 radical (unpaired) electrons. The van der Waals surface area contributed by atoms with E-state index in [1.807, 2.05) is 23.1 Å². The Morgan fingerprint density at radius 2 is 2.11 bits per heavy atom. The molecule has 0 aromatic heterocycles. The largest absolute Gasteiger partial charge is 0.336 e. The second kappa shape index (κ2) is 7.23. The maximum atomic E-state index is 12.7. The fourth-order valence-corrected chi connectivity index (χ4v) is 3.82. The lowest BCUT2D eigenvalue weighted by molar-refractivity contribution is 0.0609. The smallest absolute Gasteiger partial charge is 0.255 e. The summed E-state index contributed by atoms with van der Waals surface area (Å²) < 4.78 is 1.80. The van der Waals surface area contributed by atoms with Gasteiger partial charge >= 0.3 is 0 Å². The van der Waals surface area contributed by atoms with Crippen molar-refractivity contribution in [3.8, 4) is 0 Å². The van der Waals surface area contributed by atoms with Gasteiger partial charge in [0.05, 0.1) is 5.56 Å².